The summed E-state index contributed by atoms with van der Waals surface area (Å²) >= 11 is 0. The molecule has 1 saturated heterocycles. The predicted molar refractivity (Wildman–Crippen MR) is 71.6 cm³/mol. The monoisotopic (exact) mass is 247 g/mol. The van der Waals surface area contributed by atoms with E-state index in [0.29, 0.717) is 6.04 Å². The van der Waals surface area contributed by atoms with Gasteiger partial charge >= 0.3 is 5.97 Å². The van der Waals surface area contributed by atoms with Crippen LogP contribution in [0, 0.1) is 0 Å². The van der Waals surface area contributed by atoms with Gasteiger partial charge < -0.3 is 10.0 Å². The third-order valence-corrected chi connectivity index (χ3v) is 3.65. The molecule has 1 aliphatic heterocycles. The number of rotatable bonds is 6. The maximum Gasteiger partial charge on any atom is 0.303 e. The second-order valence-corrected chi connectivity index (χ2v) is 5.02. The average molecular weight is 247 g/mol. The van der Waals surface area contributed by atoms with Gasteiger partial charge in [-0.15, -0.1) is 0 Å². The van der Waals surface area contributed by atoms with Crippen LogP contribution in [0.1, 0.15) is 31.2 Å². The maximum absolute atomic E-state index is 10.5. The molecule has 0 unspecified atom stereocenters. The zero-order chi connectivity index (χ0) is 12.8. The molecule has 1 atom stereocenters. The highest BCUT2D eigenvalue weighted by atomic mass is 16.4. The number of carboxylic acid groups (broad SMARTS) is 1. The molecule has 0 spiro atoms. The van der Waals surface area contributed by atoms with E-state index in [0.717, 1.165) is 25.9 Å². The Kier molecular flexibility index (Phi) is 4.76. The fraction of sp³-hybridized carbons (Fsp3) is 0.533. The van der Waals surface area contributed by atoms with Gasteiger partial charge in [0.05, 0.1) is 0 Å². The van der Waals surface area contributed by atoms with Gasteiger partial charge in [0, 0.05) is 12.5 Å². The Morgan fingerprint density at radius 3 is 2.83 bits per heavy atom. The first-order valence-electron chi connectivity index (χ1n) is 6.75. The van der Waals surface area contributed by atoms with Crippen LogP contribution in [0.5, 0.6) is 0 Å². The van der Waals surface area contributed by atoms with Crippen molar-refractivity contribution in [2.75, 3.05) is 13.1 Å². The number of hydrogen-bond donors (Lipinski definition) is 1. The van der Waals surface area contributed by atoms with Crippen LogP contribution in [0.3, 0.4) is 0 Å². The molecular weight excluding hydrogens is 226 g/mol. The van der Waals surface area contributed by atoms with Crippen LogP contribution in [0.2, 0.25) is 0 Å². The number of likely N-dealkylation sites (tertiary alicyclic amines) is 1. The highest BCUT2D eigenvalue weighted by molar-refractivity contribution is 5.66. The summed E-state index contributed by atoms with van der Waals surface area (Å²) in [4.78, 5) is 13.0. The van der Waals surface area contributed by atoms with E-state index in [-0.39, 0.29) is 6.42 Å². The number of benzene rings is 1. The van der Waals surface area contributed by atoms with Crippen molar-refractivity contribution in [3.05, 3.63) is 35.9 Å². The average Bonchev–Trinajstić information content (AvgIpc) is 2.78. The fourth-order valence-corrected chi connectivity index (χ4v) is 2.74. The Labute approximate surface area is 108 Å². The summed E-state index contributed by atoms with van der Waals surface area (Å²) in [7, 11) is 0. The molecule has 0 bridgehead atoms. The molecular formula is C15H21NO2. The predicted octanol–water partition coefficient (Wildman–Crippen LogP) is 2.56. The Hall–Kier alpha value is -1.35. The number of nitrogens with zero attached hydrogens (tertiary/aromatic N) is 1. The lowest BCUT2D eigenvalue weighted by Crippen LogP contribution is -2.32. The molecule has 1 aliphatic rings. The van der Waals surface area contributed by atoms with Crippen LogP contribution in [0.15, 0.2) is 30.3 Å². The van der Waals surface area contributed by atoms with Crippen molar-refractivity contribution in [1.29, 1.82) is 0 Å². The van der Waals surface area contributed by atoms with Crippen molar-refractivity contribution in [3.8, 4) is 0 Å². The van der Waals surface area contributed by atoms with Crippen LogP contribution < -0.4 is 0 Å². The van der Waals surface area contributed by atoms with Crippen LogP contribution in [-0.2, 0) is 11.2 Å². The van der Waals surface area contributed by atoms with Crippen molar-refractivity contribution in [2.45, 2.75) is 38.1 Å². The summed E-state index contributed by atoms with van der Waals surface area (Å²) in [5, 5.41) is 8.67. The highest BCUT2D eigenvalue weighted by Crippen LogP contribution is 2.21. The molecule has 3 nitrogen and oxygen atoms in total. The Morgan fingerprint density at radius 1 is 1.33 bits per heavy atom. The van der Waals surface area contributed by atoms with Gasteiger partial charge in [0.25, 0.3) is 0 Å². The van der Waals surface area contributed by atoms with E-state index in [1.54, 1.807) is 0 Å². The highest BCUT2D eigenvalue weighted by Gasteiger charge is 2.24. The number of aliphatic carboxylic acids is 1. The van der Waals surface area contributed by atoms with E-state index in [1.165, 1.54) is 18.4 Å². The Bertz CT molecular complexity index is 377. The molecule has 1 heterocycles. The van der Waals surface area contributed by atoms with Gasteiger partial charge in [-0.1, -0.05) is 30.3 Å². The smallest absolute Gasteiger partial charge is 0.303 e. The molecule has 0 radical (unpaired) electrons. The van der Waals surface area contributed by atoms with Gasteiger partial charge in [-0.3, -0.25) is 4.79 Å². The van der Waals surface area contributed by atoms with Gasteiger partial charge in [-0.25, -0.2) is 0 Å². The summed E-state index contributed by atoms with van der Waals surface area (Å²) < 4.78 is 0. The van der Waals surface area contributed by atoms with Crippen LogP contribution in [0.25, 0.3) is 0 Å². The third-order valence-electron chi connectivity index (χ3n) is 3.65. The molecule has 2 rings (SSSR count). The lowest BCUT2D eigenvalue weighted by molar-refractivity contribution is -0.137. The van der Waals surface area contributed by atoms with E-state index in [2.05, 4.69) is 29.2 Å². The molecule has 0 aliphatic carbocycles. The Morgan fingerprint density at radius 2 is 2.11 bits per heavy atom. The molecule has 1 aromatic carbocycles. The topological polar surface area (TPSA) is 40.5 Å². The molecule has 98 valence electrons. The summed E-state index contributed by atoms with van der Waals surface area (Å²) in [6.45, 7) is 2.04. The van der Waals surface area contributed by atoms with Crippen LogP contribution >= 0.6 is 0 Å². The van der Waals surface area contributed by atoms with Crippen molar-refractivity contribution in [3.63, 3.8) is 0 Å². The zero-order valence-electron chi connectivity index (χ0n) is 10.7. The first kappa shape index (κ1) is 13.1. The first-order chi connectivity index (χ1) is 8.75. The molecule has 0 saturated carbocycles. The normalized spacial score (nSPS) is 20.1. The number of hydrogen-bond acceptors (Lipinski definition) is 2. The van der Waals surface area contributed by atoms with Gasteiger partial charge in [0.2, 0.25) is 0 Å². The molecule has 3 heteroatoms. The van der Waals surface area contributed by atoms with Crippen LogP contribution in [0.4, 0.5) is 0 Å². The standard InChI is InChI=1S/C15H21NO2/c17-15(18)9-5-11-16-10-4-8-14(16)12-13-6-2-1-3-7-13/h1-3,6-7,14H,4-5,8-12H2,(H,17,18)/t14-/m1/s1. The lowest BCUT2D eigenvalue weighted by Gasteiger charge is -2.24. The van der Waals surface area contributed by atoms with E-state index in [9.17, 15) is 4.79 Å². The van der Waals surface area contributed by atoms with E-state index >= 15 is 0 Å². The van der Waals surface area contributed by atoms with Crippen molar-refractivity contribution in [1.82, 2.24) is 4.90 Å². The minimum Gasteiger partial charge on any atom is -0.481 e. The third kappa shape index (κ3) is 3.84. The fourth-order valence-electron chi connectivity index (χ4n) is 2.74. The minimum atomic E-state index is -0.686. The van der Waals surface area contributed by atoms with Crippen molar-refractivity contribution >= 4 is 5.97 Å². The van der Waals surface area contributed by atoms with E-state index < -0.39 is 5.97 Å². The molecule has 1 fully saturated rings. The second-order valence-electron chi connectivity index (χ2n) is 5.02. The van der Waals surface area contributed by atoms with Crippen molar-refractivity contribution < 1.29 is 9.90 Å². The summed E-state index contributed by atoms with van der Waals surface area (Å²) in [6, 6.07) is 11.2. The maximum atomic E-state index is 10.5. The van der Waals surface area contributed by atoms with Crippen molar-refractivity contribution in [2.24, 2.45) is 0 Å². The van der Waals surface area contributed by atoms with Gasteiger partial charge in [-0.2, -0.15) is 0 Å². The lowest BCUT2D eigenvalue weighted by atomic mass is 10.0. The summed E-state index contributed by atoms with van der Waals surface area (Å²) in [5.74, 6) is -0.686. The molecule has 1 aromatic rings. The van der Waals surface area contributed by atoms with E-state index in [1.807, 2.05) is 6.07 Å². The SMILES string of the molecule is O=C(O)CCCN1CCC[C@@H]1Cc1ccccc1. The molecule has 1 N–H and O–H groups in total. The first-order valence-corrected chi connectivity index (χ1v) is 6.75. The molecule has 0 aromatic heterocycles. The quantitative estimate of drug-likeness (QED) is 0.840. The number of carbonyl (C=O) groups is 1. The number of carboxylic acids is 1. The molecule has 0 amide bonds. The second kappa shape index (κ2) is 6.55. The van der Waals surface area contributed by atoms with E-state index in [4.69, 9.17) is 5.11 Å². The largest absolute Gasteiger partial charge is 0.481 e. The summed E-state index contributed by atoms with van der Waals surface area (Å²) in [6.07, 6.45) is 4.62. The van der Waals surface area contributed by atoms with Crippen LogP contribution in [-0.4, -0.2) is 35.1 Å². The minimum absolute atomic E-state index is 0.286. The molecule has 18 heavy (non-hydrogen) atoms. The van der Waals surface area contributed by atoms with Gasteiger partial charge in [0.1, 0.15) is 0 Å². The summed E-state index contributed by atoms with van der Waals surface area (Å²) in [5.41, 5.74) is 1.38. The Balaban J connectivity index is 1.82. The zero-order valence-corrected chi connectivity index (χ0v) is 10.7. The van der Waals surface area contributed by atoms with Gasteiger partial charge in [0.15, 0.2) is 0 Å². The van der Waals surface area contributed by atoms with Gasteiger partial charge in [-0.05, 0) is 44.3 Å².